The molecule has 0 radical (unpaired) electrons. The number of hydrogen-bond acceptors (Lipinski definition) is 6. The van der Waals surface area contributed by atoms with Gasteiger partial charge in [-0.25, -0.2) is 9.59 Å². The highest BCUT2D eigenvalue weighted by atomic mass is 16.5. The molecule has 1 aromatic rings. The number of nitrogens with one attached hydrogen (secondary N) is 2. The highest BCUT2D eigenvalue weighted by Crippen LogP contribution is 2.02. The molecule has 186 valence electrons. The second kappa shape index (κ2) is 18.6. The lowest BCUT2D eigenvalue weighted by molar-refractivity contribution is -0.144. The van der Waals surface area contributed by atoms with Crippen LogP contribution in [0.15, 0.2) is 79.4 Å². The van der Waals surface area contributed by atoms with Gasteiger partial charge < -0.3 is 20.1 Å². The molecule has 2 N–H and O–H groups in total. The summed E-state index contributed by atoms with van der Waals surface area (Å²) >= 11 is 0. The quantitative estimate of drug-likeness (QED) is 0.233. The molecule has 0 aliphatic carbocycles. The van der Waals surface area contributed by atoms with Crippen LogP contribution < -0.4 is 10.6 Å². The Morgan fingerprint density at radius 2 is 1.59 bits per heavy atom. The molecule has 8 heteroatoms. The highest BCUT2D eigenvalue weighted by molar-refractivity contribution is 5.98. The maximum absolute atomic E-state index is 11.9. The fraction of sp³-hybridized carbons (Fsp3) is 0.308. The van der Waals surface area contributed by atoms with E-state index >= 15 is 0 Å². The van der Waals surface area contributed by atoms with Crippen LogP contribution in [0.5, 0.6) is 0 Å². The van der Waals surface area contributed by atoms with Crippen LogP contribution in [0.1, 0.15) is 38.1 Å². The first-order chi connectivity index (χ1) is 15.7. The molecule has 0 bridgehead atoms. The molecule has 2 amide bonds. The van der Waals surface area contributed by atoms with Gasteiger partial charge in [0.1, 0.15) is 12.1 Å². The van der Waals surface area contributed by atoms with Crippen LogP contribution in [-0.4, -0.2) is 50.1 Å². The van der Waals surface area contributed by atoms with Gasteiger partial charge in [0.2, 0.25) is 0 Å². The Bertz CT molecular complexity index is 875. The zero-order valence-electron chi connectivity index (χ0n) is 19.5. The van der Waals surface area contributed by atoms with E-state index in [-0.39, 0.29) is 19.2 Å². The molecule has 1 aromatic carbocycles. The van der Waals surface area contributed by atoms with Crippen molar-refractivity contribution in [3.63, 3.8) is 0 Å². The van der Waals surface area contributed by atoms with E-state index in [4.69, 9.17) is 0 Å². The summed E-state index contributed by atoms with van der Waals surface area (Å²) in [6.45, 7) is 10.5. The number of methoxy groups -OCH3 is 2. The molecule has 0 heterocycles. The zero-order valence-corrected chi connectivity index (χ0v) is 19.5. The molecule has 0 aromatic heterocycles. The minimum Gasteiger partial charge on any atom is -0.467 e. The summed E-state index contributed by atoms with van der Waals surface area (Å²) in [5.74, 6) is -1.62. The maximum Gasteiger partial charge on any atom is 0.328 e. The van der Waals surface area contributed by atoms with Crippen molar-refractivity contribution < 1.29 is 28.7 Å². The van der Waals surface area contributed by atoms with Gasteiger partial charge in [-0.05, 0) is 38.5 Å². The summed E-state index contributed by atoms with van der Waals surface area (Å²) in [4.78, 5) is 45.9. The van der Waals surface area contributed by atoms with Gasteiger partial charge in [-0.3, -0.25) is 9.59 Å². The number of ether oxygens (including phenoxy) is 2. The first kappa shape index (κ1) is 32.2. The monoisotopic (exact) mass is 472 g/mol. The van der Waals surface area contributed by atoms with E-state index in [1.807, 2.05) is 13.0 Å². The van der Waals surface area contributed by atoms with Gasteiger partial charge in [0.25, 0.3) is 11.8 Å². The van der Waals surface area contributed by atoms with Crippen LogP contribution in [0, 0.1) is 0 Å². The molecule has 0 spiro atoms. The van der Waals surface area contributed by atoms with Crippen LogP contribution in [0.3, 0.4) is 0 Å². The van der Waals surface area contributed by atoms with Crippen LogP contribution in [0.4, 0.5) is 0 Å². The number of esters is 2. The first-order valence-electron chi connectivity index (χ1n) is 10.1. The Morgan fingerprint density at radius 1 is 1.00 bits per heavy atom. The third-order valence-corrected chi connectivity index (χ3v) is 4.08. The number of hydrogen-bond donors (Lipinski definition) is 2. The molecule has 0 saturated heterocycles. The second-order valence-corrected chi connectivity index (χ2v) is 6.51. The van der Waals surface area contributed by atoms with E-state index in [9.17, 15) is 19.2 Å². The summed E-state index contributed by atoms with van der Waals surface area (Å²) in [7, 11) is 2.56. The average molecular weight is 473 g/mol. The van der Waals surface area contributed by atoms with Gasteiger partial charge in [0, 0.05) is 11.1 Å². The standard InChI is InChI=1S/C14H19NO3.C11H13NO3.CH4/c1-5-8-10-11(7-3)13(16)15-12(9-6-2)14(17)18-4;1-8(11(14)15-2)12-10(13)9-6-4-3-5-7-9;/h5-8,10,12H,2-3,9H2,1,4H3,(H,15,16);3-8H,1-2H3,(H,12,13);1H4/b8-5-,11-10+;;/t;8-;/m.0./s1. The molecule has 1 unspecified atom stereocenters. The number of carbonyl (C=O) groups excluding carboxylic acids is 4. The van der Waals surface area contributed by atoms with Crippen molar-refractivity contribution in [1.82, 2.24) is 10.6 Å². The Kier molecular flexibility index (Phi) is 17.7. The van der Waals surface area contributed by atoms with E-state index in [0.717, 1.165) is 0 Å². The van der Waals surface area contributed by atoms with Crippen molar-refractivity contribution in [3.8, 4) is 0 Å². The Labute approximate surface area is 202 Å². The zero-order chi connectivity index (χ0) is 25.2. The third kappa shape index (κ3) is 12.2. The molecule has 0 saturated carbocycles. The van der Waals surface area contributed by atoms with Gasteiger partial charge in [-0.1, -0.05) is 56.5 Å². The fourth-order valence-corrected chi connectivity index (χ4v) is 2.31. The first-order valence-corrected chi connectivity index (χ1v) is 10.1. The van der Waals surface area contributed by atoms with Crippen molar-refractivity contribution in [2.75, 3.05) is 14.2 Å². The molecule has 0 fully saturated rings. The summed E-state index contributed by atoms with van der Waals surface area (Å²) < 4.78 is 9.09. The minimum absolute atomic E-state index is 0. The molecule has 0 aliphatic heterocycles. The molecule has 0 aliphatic rings. The van der Waals surface area contributed by atoms with Crippen molar-refractivity contribution in [3.05, 3.63) is 85.0 Å². The summed E-state index contributed by atoms with van der Waals surface area (Å²) in [6.07, 6.45) is 8.41. The summed E-state index contributed by atoms with van der Waals surface area (Å²) in [5, 5.41) is 5.10. The smallest absolute Gasteiger partial charge is 0.328 e. The SMILES string of the molecule is C.C=CCC(NC(=O)/C(C=C)=C/C=C\C)C(=O)OC.COC(=O)[C@H](C)NC(=O)c1ccccc1. The van der Waals surface area contributed by atoms with Crippen molar-refractivity contribution in [2.45, 2.75) is 39.8 Å². The Hall–Kier alpha value is -3.94. The van der Waals surface area contributed by atoms with Gasteiger partial charge in [-0.2, -0.15) is 0 Å². The van der Waals surface area contributed by atoms with Crippen molar-refractivity contribution in [2.24, 2.45) is 0 Å². The van der Waals surface area contributed by atoms with E-state index < -0.39 is 24.0 Å². The number of allylic oxidation sites excluding steroid dienone is 3. The number of benzene rings is 1. The molecule has 8 nitrogen and oxygen atoms in total. The normalized spacial score (nSPS) is 11.9. The molecule has 2 atom stereocenters. The lowest BCUT2D eigenvalue weighted by Gasteiger charge is -2.14. The summed E-state index contributed by atoms with van der Waals surface area (Å²) in [5.41, 5.74) is 0.902. The van der Waals surface area contributed by atoms with Gasteiger partial charge in [-0.15, -0.1) is 6.58 Å². The minimum atomic E-state index is -0.728. The highest BCUT2D eigenvalue weighted by Gasteiger charge is 2.20. The molecular weight excluding hydrogens is 436 g/mol. The van der Waals surface area contributed by atoms with Crippen LogP contribution in [-0.2, 0) is 23.9 Å². The second-order valence-electron chi connectivity index (χ2n) is 6.51. The number of rotatable bonds is 10. The molecular formula is C26H36N2O6. The van der Waals surface area contributed by atoms with E-state index in [0.29, 0.717) is 17.6 Å². The number of carbonyl (C=O) groups is 4. The largest absolute Gasteiger partial charge is 0.467 e. The van der Waals surface area contributed by atoms with Crippen LogP contribution in [0.2, 0.25) is 0 Å². The summed E-state index contributed by atoms with van der Waals surface area (Å²) in [6, 6.07) is 7.34. The lowest BCUT2D eigenvalue weighted by atomic mass is 10.1. The predicted molar refractivity (Wildman–Crippen MR) is 134 cm³/mol. The predicted octanol–water partition coefficient (Wildman–Crippen LogP) is 3.52. The van der Waals surface area contributed by atoms with Crippen molar-refractivity contribution in [1.29, 1.82) is 0 Å². The van der Waals surface area contributed by atoms with Crippen LogP contribution in [0.25, 0.3) is 0 Å². The molecule has 34 heavy (non-hydrogen) atoms. The number of amides is 2. The van der Waals surface area contributed by atoms with Gasteiger partial charge in [0.05, 0.1) is 14.2 Å². The van der Waals surface area contributed by atoms with E-state index in [1.54, 1.807) is 55.5 Å². The Morgan fingerprint density at radius 3 is 2.06 bits per heavy atom. The van der Waals surface area contributed by atoms with E-state index in [1.165, 1.54) is 20.3 Å². The van der Waals surface area contributed by atoms with Crippen molar-refractivity contribution >= 4 is 23.8 Å². The van der Waals surface area contributed by atoms with Gasteiger partial charge >= 0.3 is 11.9 Å². The topological polar surface area (TPSA) is 111 Å². The Balaban J connectivity index is 0. The third-order valence-electron chi connectivity index (χ3n) is 4.08. The molecule has 1 rings (SSSR count). The van der Waals surface area contributed by atoms with E-state index in [2.05, 4.69) is 33.3 Å². The fourth-order valence-electron chi connectivity index (χ4n) is 2.31. The average Bonchev–Trinajstić information content (AvgIpc) is 2.84. The lowest BCUT2D eigenvalue weighted by Crippen LogP contribution is -2.41. The van der Waals surface area contributed by atoms with Gasteiger partial charge in [0.15, 0.2) is 0 Å². The van der Waals surface area contributed by atoms with Crippen LogP contribution >= 0.6 is 0 Å². The maximum atomic E-state index is 11.9.